The van der Waals surface area contributed by atoms with E-state index in [0.717, 1.165) is 4.47 Å². The molecule has 0 atom stereocenters. The van der Waals surface area contributed by atoms with Crippen molar-refractivity contribution in [3.8, 4) is 0 Å². The summed E-state index contributed by atoms with van der Waals surface area (Å²) in [5.74, 6) is -0.697. The van der Waals surface area contributed by atoms with Gasteiger partial charge >= 0.3 is 14.6 Å². The number of hydrogen-bond acceptors (Lipinski definition) is 6. The van der Waals surface area contributed by atoms with E-state index in [1.807, 2.05) is 0 Å². The van der Waals surface area contributed by atoms with Crippen LogP contribution in [0.15, 0.2) is 45.3 Å². The summed E-state index contributed by atoms with van der Waals surface area (Å²) < 4.78 is 46.4. The van der Waals surface area contributed by atoms with Gasteiger partial charge in [0.25, 0.3) is 0 Å². The lowest BCUT2D eigenvalue weighted by molar-refractivity contribution is 0.128. The summed E-state index contributed by atoms with van der Waals surface area (Å²) in [6.45, 7) is 0.153. The molecule has 0 aliphatic heterocycles. The molecule has 152 valence electrons. The Morgan fingerprint density at radius 2 is 1.25 bits per heavy atom. The van der Waals surface area contributed by atoms with Crippen LogP contribution in [0, 0.1) is 11.6 Å². The zero-order chi connectivity index (χ0) is 21.1. The molecule has 0 aromatic heterocycles. The van der Waals surface area contributed by atoms with Crippen LogP contribution >= 0.6 is 31.9 Å². The molecule has 2 rings (SSSR count). The van der Waals surface area contributed by atoms with Crippen LogP contribution in [0.5, 0.6) is 0 Å². The summed E-state index contributed by atoms with van der Waals surface area (Å²) in [5.41, 5.74) is 1.22. The van der Waals surface area contributed by atoms with Gasteiger partial charge in [0.2, 0.25) is 0 Å². The average Bonchev–Trinajstić information content (AvgIpc) is 2.66. The van der Waals surface area contributed by atoms with E-state index in [4.69, 9.17) is 24.0 Å². The first kappa shape index (κ1) is 25.2. The fourth-order valence-electron chi connectivity index (χ4n) is 1.86. The van der Waals surface area contributed by atoms with Crippen LogP contribution in [0.25, 0.3) is 0 Å². The molecule has 0 saturated carbocycles. The zero-order valence-corrected chi connectivity index (χ0v) is 18.2. The van der Waals surface area contributed by atoms with Gasteiger partial charge in [-0.05, 0) is 47.5 Å². The molecule has 0 unspecified atom stereocenters. The Morgan fingerprint density at radius 1 is 0.821 bits per heavy atom. The van der Waals surface area contributed by atoms with E-state index in [9.17, 15) is 8.78 Å². The van der Waals surface area contributed by atoms with E-state index < -0.39 is 20.5 Å². The van der Waals surface area contributed by atoms with E-state index in [0.29, 0.717) is 15.6 Å². The van der Waals surface area contributed by atoms with Crippen molar-refractivity contribution < 1.29 is 37.4 Å². The van der Waals surface area contributed by atoms with E-state index in [1.54, 1.807) is 6.07 Å². The minimum atomic E-state index is -1.84. The molecule has 2 aromatic carbocycles. The largest absolute Gasteiger partial charge is 0.639 e. The molecule has 0 amide bonds. The van der Waals surface area contributed by atoms with E-state index in [1.165, 1.54) is 44.6 Å². The summed E-state index contributed by atoms with van der Waals surface area (Å²) in [7, 11) is 0.360. The van der Waals surface area contributed by atoms with Crippen molar-refractivity contribution in [3.63, 3.8) is 0 Å². The second kappa shape index (κ2) is 13.4. The fraction of sp³-hybridized carbons (Fsp3) is 0.250. The van der Waals surface area contributed by atoms with Gasteiger partial charge in [-0.2, -0.15) is 0 Å². The summed E-state index contributed by atoms with van der Waals surface area (Å²) in [6.07, 6.45) is 0. The number of hydrogen-bond donors (Lipinski definition) is 2. The first-order valence-corrected chi connectivity index (χ1v) is 9.38. The highest BCUT2D eigenvalue weighted by atomic mass is 79.9. The maximum Gasteiger partial charge on any atom is 0.639 e. The highest BCUT2D eigenvalue weighted by Crippen LogP contribution is 2.19. The molecule has 0 aliphatic rings. The molecule has 0 bridgehead atoms. The Bertz CT molecular complexity index is 738. The molecule has 0 aliphatic carbocycles. The van der Waals surface area contributed by atoms with Crippen molar-refractivity contribution in [2.45, 2.75) is 13.2 Å². The van der Waals surface area contributed by atoms with Gasteiger partial charge in [0, 0.05) is 23.2 Å². The van der Waals surface area contributed by atoms with Crippen LogP contribution in [0.2, 0.25) is 0 Å². The van der Waals surface area contributed by atoms with Crippen molar-refractivity contribution in [1.29, 1.82) is 0 Å². The van der Waals surface area contributed by atoms with Gasteiger partial charge in [0.05, 0.1) is 13.2 Å². The smallest absolute Gasteiger partial charge is 0.402 e. The molecule has 6 nitrogen and oxygen atoms in total. The van der Waals surface area contributed by atoms with Crippen molar-refractivity contribution in [3.05, 3.63) is 68.1 Å². The molecular weight excluding hydrogens is 508 g/mol. The van der Waals surface area contributed by atoms with Crippen LogP contribution in [-0.4, -0.2) is 38.9 Å². The number of benzene rings is 2. The Kier molecular flexibility index (Phi) is 12.0. The summed E-state index contributed by atoms with van der Waals surface area (Å²) in [6, 6.07) is 8.47. The van der Waals surface area contributed by atoms with E-state index >= 15 is 0 Å². The van der Waals surface area contributed by atoms with Gasteiger partial charge < -0.3 is 28.7 Å². The van der Waals surface area contributed by atoms with Crippen molar-refractivity contribution >= 4 is 46.5 Å². The zero-order valence-electron chi connectivity index (χ0n) is 15.1. The third kappa shape index (κ3) is 9.57. The third-order valence-electron chi connectivity index (χ3n) is 3.16. The second-order valence-electron chi connectivity index (χ2n) is 5.18. The Balaban J connectivity index is 0.000000283. The van der Waals surface area contributed by atoms with E-state index in [-0.39, 0.29) is 19.0 Å². The Labute approximate surface area is 179 Å². The van der Waals surface area contributed by atoms with Gasteiger partial charge in [0.15, 0.2) is 0 Å². The molecule has 0 spiro atoms. The maximum atomic E-state index is 12.9. The number of halogens is 4. The fourth-order valence-corrected chi connectivity index (χ4v) is 2.58. The Morgan fingerprint density at radius 3 is 1.64 bits per heavy atom. The molecule has 2 N–H and O–H groups in total. The molecule has 2 aromatic rings. The van der Waals surface area contributed by atoms with Crippen molar-refractivity contribution in [2.75, 3.05) is 14.2 Å². The first-order chi connectivity index (χ1) is 13.3. The van der Waals surface area contributed by atoms with Crippen molar-refractivity contribution in [1.82, 2.24) is 0 Å². The maximum absolute atomic E-state index is 12.9. The minimum Gasteiger partial charge on any atom is -0.402 e. The predicted octanol–water partition coefficient (Wildman–Crippen LogP) is 3.46. The quantitative estimate of drug-likeness (QED) is 0.514. The topological polar surface area (TPSA) is 77.4 Å². The molecule has 0 saturated heterocycles. The third-order valence-corrected chi connectivity index (χ3v) is 4.71. The molecule has 12 heteroatoms. The average molecular weight is 526 g/mol. The lowest BCUT2D eigenvalue weighted by Gasteiger charge is -2.10. The van der Waals surface area contributed by atoms with Crippen molar-refractivity contribution in [2.24, 2.45) is 0 Å². The van der Waals surface area contributed by atoms with E-state index in [2.05, 4.69) is 36.5 Å². The standard InChI is InChI=1S/C9H11BBrFO3.C7H7BBrFO3/c1-13-10(14-2)15-6-7-5-8(12)3-4-9(7)11;9-7-2-1-6(10)3-5(7)4-13-8(11)12/h3-5H,6H2,1-2H3;1-3,11-12H,4H2. The normalized spacial score (nSPS) is 10.3. The predicted molar refractivity (Wildman–Crippen MR) is 108 cm³/mol. The second-order valence-corrected chi connectivity index (χ2v) is 6.89. The first-order valence-electron chi connectivity index (χ1n) is 7.79. The highest BCUT2D eigenvalue weighted by Gasteiger charge is 2.17. The Hall–Kier alpha value is -0.850. The van der Waals surface area contributed by atoms with Gasteiger partial charge in [0.1, 0.15) is 11.6 Å². The SMILES string of the molecule is COB(OC)OCc1cc(F)ccc1Br.OB(O)OCc1cc(F)ccc1Br. The molecule has 0 radical (unpaired) electrons. The molecule has 0 heterocycles. The highest BCUT2D eigenvalue weighted by molar-refractivity contribution is 9.10. The summed E-state index contributed by atoms with van der Waals surface area (Å²) in [5, 5.41) is 16.8. The van der Waals surface area contributed by atoms with Crippen LogP contribution < -0.4 is 0 Å². The summed E-state index contributed by atoms with van der Waals surface area (Å²) >= 11 is 6.47. The van der Waals surface area contributed by atoms with Gasteiger partial charge in [-0.15, -0.1) is 0 Å². The lowest BCUT2D eigenvalue weighted by atomic mass is 10.2. The van der Waals surface area contributed by atoms with Crippen LogP contribution in [0.3, 0.4) is 0 Å². The summed E-state index contributed by atoms with van der Waals surface area (Å²) in [4.78, 5) is 0. The van der Waals surface area contributed by atoms with Crippen LogP contribution in [-0.2, 0) is 31.8 Å². The van der Waals surface area contributed by atoms with Crippen LogP contribution in [0.1, 0.15) is 11.1 Å². The molecule has 28 heavy (non-hydrogen) atoms. The number of rotatable bonds is 8. The lowest BCUT2D eigenvalue weighted by Crippen LogP contribution is -2.23. The van der Waals surface area contributed by atoms with Gasteiger partial charge in [-0.25, -0.2) is 8.78 Å². The van der Waals surface area contributed by atoms with Gasteiger partial charge in [-0.1, -0.05) is 31.9 Å². The van der Waals surface area contributed by atoms with Gasteiger partial charge in [-0.3, -0.25) is 0 Å². The van der Waals surface area contributed by atoms with Crippen LogP contribution in [0.4, 0.5) is 8.78 Å². The molecular formula is C16H18B2Br2F2O6. The minimum absolute atomic E-state index is 0.0595. The monoisotopic (exact) mass is 524 g/mol. The molecule has 0 fully saturated rings.